The fraction of sp³-hybridized carbons (Fsp3) is 1.00. The summed E-state index contributed by atoms with van der Waals surface area (Å²) >= 11 is 0. The Morgan fingerprint density at radius 1 is 1.25 bits per heavy atom. The van der Waals surface area contributed by atoms with E-state index in [0.717, 1.165) is 18.8 Å². The Labute approximate surface area is 129 Å². The molecule has 4 aliphatic rings. The summed E-state index contributed by atoms with van der Waals surface area (Å²) in [6.45, 7) is 11.4. The molecule has 0 spiro atoms. The molecule has 0 amide bonds. The van der Waals surface area contributed by atoms with Crippen LogP contribution in [-0.2, 0) is 9.31 Å². The molecule has 3 nitrogen and oxygen atoms in total. The van der Waals surface area contributed by atoms with E-state index < -0.39 is 0 Å². The van der Waals surface area contributed by atoms with Crippen molar-refractivity contribution in [2.24, 2.45) is 28.9 Å². The van der Waals surface area contributed by atoms with Crippen molar-refractivity contribution in [1.29, 1.82) is 0 Å². The fourth-order valence-electron chi connectivity index (χ4n) is 4.74. The average Bonchev–Trinajstić information content (AvgIpc) is 2.64. The molecule has 0 aromatic heterocycles. The Hall–Kier alpha value is 0.235. The summed E-state index contributed by atoms with van der Waals surface area (Å²) in [4.78, 5) is 0. The molecule has 2 N–H and O–H groups in total. The first-order valence-corrected chi connectivity index (χ1v) is 7.84. The van der Waals surface area contributed by atoms with Crippen molar-refractivity contribution in [3.05, 3.63) is 0 Å². The zero-order valence-electron chi connectivity index (χ0n) is 13.4. The van der Waals surface area contributed by atoms with Crippen LogP contribution < -0.4 is 5.73 Å². The first-order valence-electron chi connectivity index (χ1n) is 7.84. The van der Waals surface area contributed by atoms with E-state index in [-0.39, 0.29) is 37.2 Å². The number of hydrogen-bond donors (Lipinski definition) is 1. The molecule has 20 heavy (non-hydrogen) atoms. The van der Waals surface area contributed by atoms with Crippen LogP contribution in [0.5, 0.6) is 0 Å². The SMILES string of the molecule is CC(C)C[C@@H](N)B1O[C@@H]2C[C@@H]3C[C@@H](C3(C)C)[C@]2(C)O1.Cl. The van der Waals surface area contributed by atoms with Gasteiger partial charge in [-0.05, 0) is 49.4 Å². The lowest BCUT2D eigenvalue weighted by atomic mass is 9.43. The third kappa shape index (κ3) is 2.23. The Bertz CT molecular complexity index is 379. The first kappa shape index (κ1) is 16.6. The molecule has 1 aliphatic heterocycles. The van der Waals surface area contributed by atoms with Crippen molar-refractivity contribution in [1.82, 2.24) is 0 Å². The van der Waals surface area contributed by atoms with Gasteiger partial charge in [-0.3, -0.25) is 0 Å². The predicted octanol–water partition coefficient (Wildman–Crippen LogP) is 3.05. The van der Waals surface area contributed by atoms with Gasteiger partial charge in [0.25, 0.3) is 0 Å². The van der Waals surface area contributed by atoms with E-state index in [9.17, 15) is 0 Å². The van der Waals surface area contributed by atoms with E-state index >= 15 is 0 Å². The van der Waals surface area contributed by atoms with Gasteiger partial charge in [-0.2, -0.15) is 0 Å². The van der Waals surface area contributed by atoms with E-state index in [1.54, 1.807) is 0 Å². The van der Waals surface area contributed by atoms with Crippen molar-refractivity contribution in [3.8, 4) is 0 Å². The molecule has 116 valence electrons. The van der Waals surface area contributed by atoms with Crippen molar-refractivity contribution < 1.29 is 9.31 Å². The molecule has 1 heterocycles. The van der Waals surface area contributed by atoms with Crippen molar-refractivity contribution in [2.45, 2.75) is 71.5 Å². The number of nitrogens with two attached hydrogens (primary N) is 1. The molecule has 1 saturated heterocycles. The van der Waals surface area contributed by atoms with Crippen LogP contribution in [0.2, 0.25) is 0 Å². The highest BCUT2D eigenvalue weighted by Crippen LogP contribution is 2.65. The smallest absolute Gasteiger partial charge is 0.404 e. The van der Waals surface area contributed by atoms with Gasteiger partial charge in [-0.1, -0.05) is 27.7 Å². The minimum atomic E-state index is -0.201. The van der Waals surface area contributed by atoms with Gasteiger partial charge in [0.1, 0.15) is 0 Å². The molecule has 0 aromatic rings. The zero-order valence-corrected chi connectivity index (χ0v) is 14.2. The Morgan fingerprint density at radius 3 is 2.45 bits per heavy atom. The molecule has 3 aliphatic carbocycles. The Kier molecular flexibility index (Phi) is 4.28. The van der Waals surface area contributed by atoms with Gasteiger partial charge in [0, 0.05) is 5.94 Å². The summed E-state index contributed by atoms with van der Waals surface area (Å²) in [6, 6.07) is 0. The summed E-state index contributed by atoms with van der Waals surface area (Å²) in [5.41, 5.74) is 6.56. The topological polar surface area (TPSA) is 44.5 Å². The second-order valence-electron chi connectivity index (χ2n) is 8.13. The van der Waals surface area contributed by atoms with Gasteiger partial charge in [-0.15, -0.1) is 12.4 Å². The number of rotatable bonds is 3. The van der Waals surface area contributed by atoms with Crippen LogP contribution in [0.15, 0.2) is 0 Å². The quantitative estimate of drug-likeness (QED) is 0.815. The fourth-order valence-corrected chi connectivity index (χ4v) is 4.74. The van der Waals surface area contributed by atoms with E-state index in [2.05, 4.69) is 34.6 Å². The Balaban J connectivity index is 0.00000147. The van der Waals surface area contributed by atoms with Gasteiger partial charge in [0.2, 0.25) is 0 Å². The van der Waals surface area contributed by atoms with Crippen LogP contribution in [0.25, 0.3) is 0 Å². The van der Waals surface area contributed by atoms with E-state index in [4.69, 9.17) is 15.0 Å². The third-order valence-electron chi connectivity index (χ3n) is 6.06. The summed E-state index contributed by atoms with van der Waals surface area (Å²) in [5.74, 6) is 2.02. The van der Waals surface area contributed by atoms with Gasteiger partial charge in [0.05, 0.1) is 11.7 Å². The van der Waals surface area contributed by atoms with E-state index in [1.807, 2.05) is 0 Å². The first-order chi connectivity index (χ1) is 8.75. The second kappa shape index (κ2) is 5.15. The van der Waals surface area contributed by atoms with Gasteiger partial charge in [0.15, 0.2) is 0 Å². The highest BCUT2D eigenvalue weighted by molar-refractivity contribution is 6.47. The molecule has 0 unspecified atom stereocenters. The highest BCUT2D eigenvalue weighted by Gasteiger charge is 2.68. The van der Waals surface area contributed by atoms with Crippen LogP contribution in [0, 0.1) is 23.2 Å². The third-order valence-corrected chi connectivity index (χ3v) is 6.06. The molecule has 4 rings (SSSR count). The van der Waals surface area contributed by atoms with E-state index in [0.29, 0.717) is 17.3 Å². The maximum absolute atomic E-state index is 6.35. The zero-order chi connectivity index (χ0) is 14.0. The molecule has 4 fully saturated rings. The lowest BCUT2D eigenvalue weighted by molar-refractivity contribution is -0.199. The van der Waals surface area contributed by atoms with Gasteiger partial charge in [-0.25, -0.2) is 0 Å². The maximum Gasteiger partial charge on any atom is 0.475 e. The molecule has 0 radical (unpaired) electrons. The summed E-state index contributed by atoms with van der Waals surface area (Å²) in [6.07, 6.45) is 3.67. The maximum atomic E-state index is 6.35. The second-order valence-corrected chi connectivity index (χ2v) is 8.13. The molecular formula is C15H29BClNO2. The van der Waals surface area contributed by atoms with Crippen molar-refractivity contribution in [3.63, 3.8) is 0 Å². The average molecular weight is 302 g/mol. The monoisotopic (exact) mass is 301 g/mol. The Morgan fingerprint density at radius 2 is 1.90 bits per heavy atom. The van der Waals surface area contributed by atoms with E-state index in [1.165, 1.54) is 6.42 Å². The minimum Gasteiger partial charge on any atom is -0.404 e. The lowest BCUT2D eigenvalue weighted by Crippen LogP contribution is -2.65. The van der Waals surface area contributed by atoms with Crippen LogP contribution in [0.3, 0.4) is 0 Å². The van der Waals surface area contributed by atoms with Crippen molar-refractivity contribution in [2.75, 3.05) is 0 Å². The van der Waals surface area contributed by atoms with Crippen LogP contribution in [0.1, 0.15) is 53.9 Å². The number of hydrogen-bond acceptors (Lipinski definition) is 3. The molecule has 5 heteroatoms. The molecule has 2 bridgehead atoms. The van der Waals surface area contributed by atoms with Crippen molar-refractivity contribution >= 4 is 19.5 Å². The largest absolute Gasteiger partial charge is 0.475 e. The standard InChI is InChI=1S/C15H28BNO2.ClH/c1-9(2)6-13(17)16-18-12-8-10-7-11(14(10,3)4)15(12,5)19-16;/h9-13H,6-8,17H2,1-5H3;1H/t10-,11-,12+,13+,15-;/m0./s1. The highest BCUT2D eigenvalue weighted by atomic mass is 35.5. The predicted molar refractivity (Wildman–Crippen MR) is 84.8 cm³/mol. The van der Waals surface area contributed by atoms with Gasteiger partial charge >= 0.3 is 7.12 Å². The molecule has 5 atom stereocenters. The summed E-state index contributed by atoms with van der Waals surface area (Å²) in [5, 5.41) is 0. The van der Waals surface area contributed by atoms with Gasteiger partial charge < -0.3 is 15.0 Å². The van der Waals surface area contributed by atoms with Crippen LogP contribution in [0.4, 0.5) is 0 Å². The van der Waals surface area contributed by atoms with Crippen LogP contribution >= 0.6 is 12.4 Å². The number of halogens is 1. The summed E-state index contributed by atoms with van der Waals surface area (Å²) < 4.78 is 12.5. The summed E-state index contributed by atoms with van der Waals surface area (Å²) in [7, 11) is -0.201. The normalized spacial score (nSPS) is 42.8. The molecule has 0 aromatic carbocycles. The molecular weight excluding hydrogens is 272 g/mol. The molecule has 3 saturated carbocycles. The lowest BCUT2D eigenvalue weighted by Gasteiger charge is -2.64. The minimum absolute atomic E-state index is 0. The van der Waals surface area contributed by atoms with Crippen LogP contribution in [-0.4, -0.2) is 24.8 Å².